The number of fused-ring (bicyclic) bond motifs is 1. The maximum atomic E-state index is 14.5. The molecule has 4 saturated heterocycles. The first-order chi connectivity index (χ1) is 19.3. The van der Waals surface area contributed by atoms with E-state index >= 15 is 0 Å². The Hall–Kier alpha value is -1.88. The van der Waals surface area contributed by atoms with Crippen molar-refractivity contribution in [3.8, 4) is 0 Å². The number of allylic oxidation sites excluding steroid dienone is 1. The maximum Gasteiger partial charge on any atom is 0.310 e. The van der Waals surface area contributed by atoms with Gasteiger partial charge in [-0.1, -0.05) is 26.0 Å². The monoisotopic (exact) mass is 577 g/mol. The Morgan fingerprint density at radius 1 is 1.27 bits per heavy atom. The lowest BCUT2D eigenvalue weighted by Gasteiger charge is -2.42. The summed E-state index contributed by atoms with van der Waals surface area (Å²) >= 11 is 1.65. The molecule has 0 aromatic carbocycles. The van der Waals surface area contributed by atoms with Gasteiger partial charge in [-0.05, 0) is 38.0 Å². The number of hydrogen-bond donors (Lipinski definition) is 1. The van der Waals surface area contributed by atoms with Gasteiger partial charge >= 0.3 is 5.97 Å². The number of hydrogen-bond acceptors (Lipinski definition) is 8. The summed E-state index contributed by atoms with van der Waals surface area (Å²) in [6, 6.07) is -1.24. The Kier molecular flexibility index (Phi) is 10.8. The Morgan fingerprint density at radius 3 is 2.67 bits per heavy atom. The van der Waals surface area contributed by atoms with E-state index < -0.39 is 28.7 Å². The van der Waals surface area contributed by atoms with Gasteiger partial charge < -0.3 is 24.4 Å². The van der Waals surface area contributed by atoms with Crippen molar-refractivity contribution in [2.75, 3.05) is 59.2 Å². The van der Waals surface area contributed by atoms with Crippen LogP contribution in [-0.2, 0) is 23.9 Å². The van der Waals surface area contributed by atoms with Crippen LogP contribution in [0.15, 0.2) is 25.3 Å². The minimum absolute atomic E-state index is 0.0579. The van der Waals surface area contributed by atoms with Crippen molar-refractivity contribution in [1.82, 2.24) is 14.7 Å². The van der Waals surface area contributed by atoms with Gasteiger partial charge in [-0.25, -0.2) is 0 Å². The zero-order valence-electron chi connectivity index (χ0n) is 24.2. The number of morpholine rings is 1. The Labute approximate surface area is 243 Å². The molecule has 9 nitrogen and oxygen atoms in total. The summed E-state index contributed by atoms with van der Waals surface area (Å²) in [4.78, 5) is 48.0. The quantitative estimate of drug-likeness (QED) is 0.180. The van der Waals surface area contributed by atoms with Crippen molar-refractivity contribution in [2.24, 2.45) is 17.8 Å². The van der Waals surface area contributed by atoms with Crippen molar-refractivity contribution >= 4 is 29.5 Å². The number of aliphatic hydroxyl groups excluding tert-OH is 1. The first-order valence-corrected chi connectivity index (χ1v) is 15.8. The van der Waals surface area contributed by atoms with Crippen LogP contribution in [0.4, 0.5) is 0 Å². The summed E-state index contributed by atoms with van der Waals surface area (Å²) in [5.41, 5.74) is 0. The highest BCUT2D eigenvalue weighted by Crippen LogP contribution is 2.69. The fraction of sp³-hybridized carbons (Fsp3) is 0.767. The van der Waals surface area contributed by atoms with Gasteiger partial charge in [0.2, 0.25) is 11.8 Å². The van der Waals surface area contributed by atoms with E-state index in [4.69, 9.17) is 9.47 Å². The third kappa shape index (κ3) is 5.74. The molecule has 224 valence electrons. The van der Waals surface area contributed by atoms with Gasteiger partial charge in [-0.3, -0.25) is 19.3 Å². The first-order valence-electron chi connectivity index (χ1n) is 14.9. The SMILES string of the molecule is C=CCCCCOC(=O)[C@@H]1[C@@H]2CC(C)C3(S2)C(C(=O)N(CC=C)CCN2CCOCC2)N([C@@H](CC)CO)C(=O)[C@H]13. The fourth-order valence-corrected chi connectivity index (χ4v) is 9.57. The van der Waals surface area contributed by atoms with Crippen molar-refractivity contribution in [3.05, 3.63) is 25.3 Å². The summed E-state index contributed by atoms with van der Waals surface area (Å²) < 4.78 is 10.5. The van der Waals surface area contributed by atoms with Crippen LogP contribution in [0.25, 0.3) is 0 Å². The van der Waals surface area contributed by atoms with Crippen LogP contribution in [0.1, 0.15) is 46.0 Å². The lowest BCUT2D eigenvalue weighted by molar-refractivity contribution is -0.155. The molecular formula is C30H47N3O6S. The van der Waals surface area contributed by atoms with Crippen molar-refractivity contribution in [3.63, 3.8) is 0 Å². The zero-order chi connectivity index (χ0) is 28.9. The molecule has 40 heavy (non-hydrogen) atoms. The number of rotatable bonds is 15. The van der Waals surface area contributed by atoms with Crippen molar-refractivity contribution in [2.45, 2.75) is 68.0 Å². The summed E-state index contributed by atoms with van der Waals surface area (Å²) in [6.45, 7) is 16.4. The highest BCUT2D eigenvalue weighted by molar-refractivity contribution is 8.02. The van der Waals surface area contributed by atoms with E-state index in [1.54, 1.807) is 27.6 Å². The second-order valence-electron chi connectivity index (χ2n) is 11.5. The standard InChI is InChI=1S/C30H47N3O6S/c1-5-8-9-10-16-39-29(37)24-23-19-21(4)30(40-23)25(24)27(35)33(22(7-3)20-34)26(30)28(36)32(11-6-2)13-12-31-14-17-38-18-15-31/h5-6,21-26,34H,1-2,7-20H2,3-4H3/t21?,22-,23-,24+,25-,26?,30?/m0/s1. The Morgan fingerprint density at radius 2 is 2.02 bits per heavy atom. The van der Waals surface area contributed by atoms with Gasteiger partial charge in [0.15, 0.2) is 0 Å². The highest BCUT2D eigenvalue weighted by Gasteiger charge is 2.77. The van der Waals surface area contributed by atoms with E-state index in [-0.39, 0.29) is 35.6 Å². The molecule has 0 saturated carbocycles. The smallest absolute Gasteiger partial charge is 0.310 e. The van der Waals surface area contributed by atoms with Crippen molar-refractivity contribution in [1.29, 1.82) is 0 Å². The van der Waals surface area contributed by atoms with Crippen LogP contribution in [-0.4, -0.2) is 119 Å². The average molecular weight is 578 g/mol. The molecule has 0 aliphatic carbocycles. The van der Waals surface area contributed by atoms with Crippen molar-refractivity contribution < 1.29 is 29.0 Å². The molecule has 1 N–H and O–H groups in total. The summed E-state index contributed by atoms with van der Waals surface area (Å²) in [7, 11) is 0. The minimum Gasteiger partial charge on any atom is -0.465 e. The van der Waals surface area contributed by atoms with E-state index in [0.29, 0.717) is 45.9 Å². The van der Waals surface area contributed by atoms with Gasteiger partial charge in [0.1, 0.15) is 6.04 Å². The number of ether oxygens (including phenoxy) is 2. The first kappa shape index (κ1) is 31.1. The van der Waals surface area contributed by atoms with Gasteiger partial charge in [0.25, 0.3) is 0 Å². The van der Waals surface area contributed by atoms with Crippen LogP contribution in [0, 0.1) is 17.8 Å². The van der Waals surface area contributed by atoms with E-state index in [1.165, 1.54) is 0 Å². The van der Waals surface area contributed by atoms with E-state index in [1.807, 2.05) is 13.0 Å². The molecule has 0 aromatic rings. The zero-order valence-corrected chi connectivity index (χ0v) is 25.0. The minimum atomic E-state index is -0.748. The average Bonchev–Trinajstić information content (AvgIpc) is 3.55. The number of carbonyl (C=O) groups excluding carboxylic acids is 3. The lowest BCUT2D eigenvalue weighted by Crippen LogP contribution is -2.59. The second-order valence-corrected chi connectivity index (χ2v) is 13.1. The number of likely N-dealkylation sites (tertiary alicyclic amines) is 1. The maximum absolute atomic E-state index is 14.5. The molecule has 4 heterocycles. The normalized spacial score (nSPS) is 32.1. The number of carbonyl (C=O) groups is 3. The highest BCUT2D eigenvalue weighted by atomic mass is 32.2. The number of unbranched alkanes of at least 4 members (excludes halogenated alkanes) is 2. The molecule has 4 aliphatic heterocycles. The Balaban J connectivity index is 1.62. The molecule has 0 radical (unpaired) electrons. The van der Waals surface area contributed by atoms with Crippen LogP contribution < -0.4 is 0 Å². The summed E-state index contributed by atoms with van der Waals surface area (Å²) in [5, 5.41) is 10.3. The molecule has 0 aromatic heterocycles. The van der Waals surface area contributed by atoms with Gasteiger partial charge in [0, 0.05) is 38.0 Å². The van der Waals surface area contributed by atoms with Gasteiger partial charge in [-0.2, -0.15) is 0 Å². The van der Waals surface area contributed by atoms with Crippen LogP contribution in [0.5, 0.6) is 0 Å². The third-order valence-corrected chi connectivity index (χ3v) is 11.3. The Bertz CT molecular complexity index is 938. The van der Waals surface area contributed by atoms with Gasteiger partial charge in [0.05, 0.1) is 49.1 Å². The lowest BCUT2D eigenvalue weighted by atomic mass is 9.66. The predicted molar refractivity (Wildman–Crippen MR) is 156 cm³/mol. The molecular weight excluding hydrogens is 530 g/mol. The van der Waals surface area contributed by atoms with Gasteiger partial charge in [-0.15, -0.1) is 24.9 Å². The van der Waals surface area contributed by atoms with E-state index in [2.05, 4.69) is 25.0 Å². The molecule has 10 heteroatoms. The largest absolute Gasteiger partial charge is 0.465 e. The molecule has 7 atom stereocenters. The predicted octanol–water partition coefficient (Wildman–Crippen LogP) is 2.34. The number of thioether (sulfide) groups is 1. The van der Waals surface area contributed by atoms with Crippen LogP contribution in [0.2, 0.25) is 0 Å². The topological polar surface area (TPSA) is 99.6 Å². The van der Waals surface area contributed by atoms with Crippen LogP contribution in [0.3, 0.4) is 0 Å². The van der Waals surface area contributed by atoms with E-state index in [9.17, 15) is 19.5 Å². The fourth-order valence-electron chi connectivity index (χ4n) is 7.18. The number of esters is 1. The molecule has 2 amide bonds. The molecule has 4 aliphatic rings. The number of aliphatic hydroxyl groups is 1. The summed E-state index contributed by atoms with van der Waals surface area (Å²) in [6.07, 6.45) is 7.37. The molecule has 4 rings (SSSR count). The molecule has 3 unspecified atom stereocenters. The van der Waals surface area contributed by atoms with E-state index in [0.717, 1.165) is 38.8 Å². The summed E-state index contributed by atoms with van der Waals surface area (Å²) in [5.74, 6) is -1.79. The number of nitrogens with zero attached hydrogens (tertiary/aromatic N) is 3. The molecule has 4 fully saturated rings. The number of amides is 2. The third-order valence-electron chi connectivity index (χ3n) is 9.26. The second kappa shape index (κ2) is 13.9. The molecule has 2 bridgehead atoms. The molecule has 1 spiro atoms. The van der Waals surface area contributed by atoms with Crippen LogP contribution >= 0.6 is 11.8 Å².